The molecule has 2 aromatic rings. The SMILES string of the molecule is FC(F)(F)C(F)(F)C(F)(F)C(F)(F)C(F)(F)C(F)(F)C(F)(F)C(F)(F)C(F)(F)C(F)(F)C(F)(F)C(F)(F)C(F)(F)c1nnc(C(F)(F)C(F)(F)C(F)(F)C(F)(F)C(F)(F)C(F)(F)C(F)(F)C(F)(F)C(F)(F)C(F)(F)C(F)(F)C(F)(F)C(F)(F)F)o1.FC(F)(F)C(F)(F)C(F)(F)C(F)(F)C(F)(F)C(F)(F)C(F)(F)C(F)(F)C(F)(F)c1nnc(C(F)(F)C(F)(F)C(F)(F)C(F)(F)C(F)(F)C(F)(F)C(F)(F)C(F)(F)C(F)(F)F)s1. The Morgan fingerprint density at radius 2 is 0.185 bits per heavy atom. The molecule has 0 spiro atoms. The summed E-state index contributed by atoms with van der Waals surface area (Å²) < 4.78 is 1260. The van der Waals surface area contributed by atoms with E-state index < -0.39 is 295 Å². The van der Waals surface area contributed by atoms with Gasteiger partial charge >= 0.3 is 262 Å². The van der Waals surface area contributed by atoms with Gasteiger partial charge in [-0.15, -0.1) is 20.4 Å². The zero-order valence-electron chi connectivity index (χ0n) is 61.4. The van der Waals surface area contributed by atoms with E-state index in [1.54, 1.807) is 0 Å². The normalized spacial score (nSPS) is 17.2. The third-order valence-corrected chi connectivity index (χ3v) is 18.6. The van der Waals surface area contributed by atoms with E-state index in [2.05, 4.69) is 0 Å². The highest BCUT2D eigenvalue weighted by Gasteiger charge is 3.06. The predicted octanol–water partition coefficient (Wildman–Crippen LogP) is 30.1. The summed E-state index contributed by atoms with van der Waals surface area (Å²) in [5.74, 6) is -398. The molecule has 2 aromatic heterocycles. The highest BCUT2D eigenvalue weighted by atomic mass is 32.1. The van der Waals surface area contributed by atoms with E-state index in [9.17, 15) is 404 Å². The van der Waals surface area contributed by atoms with E-state index in [0.717, 1.165) is 10.2 Å². The van der Waals surface area contributed by atoms with Crippen LogP contribution in [0.3, 0.4) is 0 Å². The molecule has 0 aromatic carbocycles. The summed E-state index contributed by atoms with van der Waals surface area (Å²) in [6, 6.07) is 0. The van der Waals surface area contributed by atoms with Gasteiger partial charge in [0.25, 0.3) is 11.8 Å². The van der Waals surface area contributed by atoms with Crippen LogP contribution in [0.25, 0.3) is 0 Å². The van der Waals surface area contributed by atoms with Gasteiger partial charge in [-0.3, -0.25) is 0 Å². The Hall–Kier alpha value is -7.74. The van der Waals surface area contributed by atoms with E-state index in [1.165, 1.54) is 0 Å². The maximum atomic E-state index is 14.5. The van der Waals surface area contributed by atoms with Crippen LogP contribution in [0.5, 0.6) is 0 Å². The molecule has 2 heterocycles. The molecule has 0 radical (unpaired) electrons. The monoisotopic (exact) mass is 2430 g/mol. The zero-order chi connectivity index (χ0) is 121. The molecule has 0 saturated carbocycles. The van der Waals surface area contributed by atoms with Gasteiger partial charge in [-0.05, 0) is 0 Å². The van der Waals surface area contributed by atoms with Crippen molar-refractivity contribution in [2.24, 2.45) is 0 Å². The fourth-order valence-corrected chi connectivity index (χ4v) is 9.37. The molecule has 0 aliphatic heterocycles. The Morgan fingerprint density at radius 3 is 0.281 bits per heavy atom. The van der Waals surface area contributed by atoms with Gasteiger partial charge in [0.05, 0.1) is 0 Å². The predicted molar refractivity (Wildman–Crippen MR) is 252 cm³/mol. The van der Waals surface area contributed by atoms with Gasteiger partial charge < -0.3 is 4.42 Å². The van der Waals surface area contributed by atoms with Crippen LogP contribution in [-0.4, -0.2) is 258 Å². The quantitative estimate of drug-likeness (QED) is 0.0622. The molecular formula is C48F92N4OS. The maximum absolute atomic E-state index is 14.5. The number of nitrogens with zero attached hydrogens (tertiary/aromatic N) is 4. The lowest BCUT2D eigenvalue weighted by molar-refractivity contribution is -0.485. The van der Waals surface area contributed by atoms with Crippen LogP contribution >= 0.6 is 11.3 Å². The third kappa shape index (κ3) is 16.0. The minimum Gasteiger partial charge on any atom is -0.413 e. The zero-order valence-corrected chi connectivity index (χ0v) is 62.2. The molecule has 0 N–H and O–H groups in total. The van der Waals surface area contributed by atoms with Crippen molar-refractivity contribution < 1.29 is 408 Å². The van der Waals surface area contributed by atoms with Gasteiger partial charge in [0.2, 0.25) is 0 Å². The van der Waals surface area contributed by atoms with E-state index in [4.69, 9.17) is 0 Å². The average molecular weight is 2430 g/mol. The van der Waals surface area contributed by atoms with Gasteiger partial charge in [-0.1, -0.05) is 11.3 Å². The highest BCUT2D eigenvalue weighted by Crippen LogP contribution is 2.76. The smallest absolute Gasteiger partial charge is 0.413 e. The first-order valence-electron chi connectivity index (χ1n) is 30.5. The first-order valence-corrected chi connectivity index (χ1v) is 31.3. The minimum atomic E-state index is -10.5. The van der Waals surface area contributed by atoms with Crippen molar-refractivity contribution in [2.45, 2.75) is 262 Å². The van der Waals surface area contributed by atoms with Gasteiger partial charge in [0, 0.05) is 0 Å². The second kappa shape index (κ2) is 33.9. The summed E-state index contributed by atoms with van der Waals surface area (Å²) >= 11 is -3.10. The average Bonchev–Trinajstić information content (AvgIpc) is 0.811. The molecule has 0 atom stereocenters. The second-order valence-electron chi connectivity index (χ2n) is 26.8. The lowest BCUT2D eigenvalue weighted by Gasteiger charge is -2.46. The summed E-state index contributed by atoms with van der Waals surface area (Å²) in [5, 5.41) is -5.97. The Balaban J connectivity index is 0.00000154. The van der Waals surface area contributed by atoms with E-state index in [0.29, 0.717) is 10.2 Å². The summed E-state index contributed by atoms with van der Waals surface area (Å²) in [6.45, 7) is 0. The van der Waals surface area contributed by atoms with Crippen molar-refractivity contribution >= 4 is 11.3 Å². The number of aromatic nitrogens is 4. The van der Waals surface area contributed by atoms with Crippen molar-refractivity contribution in [1.29, 1.82) is 0 Å². The van der Waals surface area contributed by atoms with Gasteiger partial charge in [-0.2, -0.15) is 404 Å². The van der Waals surface area contributed by atoms with Gasteiger partial charge in [0.1, 0.15) is 0 Å². The Morgan fingerprint density at radius 1 is 0.103 bits per heavy atom. The highest BCUT2D eigenvalue weighted by molar-refractivity contribution is 7.11. The topological polar surface area (TPSA) is 64.7 Å². The lowest BCUT2D eigenvalue weighted by Crippen LogP contribution is -2.78. The lowest BCUT2D eigenvalue weighted by atomic mass is 9.84. The molecule has 0 saturated heterocycles. The minimum absolute atomic E-state index is 0.484. The van der Waals surface area contributed by atoms with Crippen molar-refractivity contribution in [2.75, 3.05) is 0 Å². The standard InChI is InChI=1S/C28F54N2O.C20F38N2S/c29-3(30,5(33,34)7(37,38)9(41,42)11(45,46)13(49,50)15(53,54)17(57,58)19(61,62)21(65,66)23(69,70)25(73,74)27(77,78)79)1-83-84-2(85-1)4(31,32)6(35,36)8(39,40)10(43,44)12(47,48)14(51,52)16(55,56)18(59,60)20(63,64)22(67,68)24(71,72)26(75,76)28(80,81)82;21-3(22,5(25,26)7(29,30)9(33,34)11(37,38)13(41,42)15(45,46)17(49,50)19(53,54)55)1-59-60-2(61-1)4(23,24)6(27,28)8(31,32)10(35,36)12(39,40)14(43,44)16(47,48)18(51,52)20(56,57)58. The van der Waals surface area contributed by atoms with Crippen LogP contribution in [0.2, 0.25) is 0 Å². The van der Waals surface area contributed by atoms with Crippen LogP contribution in [0.1, 0.15) is 21.8 Å². The number of hydrogen-bond donors (Lipinski definition) is 0. The number of hydrogen-bond acceptors (Lipinski definition) is 6. The molecular weight excluding hydrogens is 2430 g/mol. The van der Waals surface area contributed by atoms with Crippen LogP contribution in [0.4, 0.5) is 404 Å². The molecule has 0 aliphatic carbocycles. The number of rotatable bonds is 40. The Labute approximate surface area is 724 Å². The Bertz CT molecular complexity index is 4630. The molecule has 0 amide bonds. The fraction of sp³-hybridized carbons (Fsp3) is 0.917. The van der Waals surface area contributed by atoms with E-state index in [1.807, 2.05) is 4.42 Å². The molecule has 146 heavy (non-hydrogen) atoms. The molecule has 5 nitrogen and oxygen atoms in total. The van der Waals surface area contributed by atoms with E-state index in [-0.39, 0.29) is 0 Å². The summed E-state index contributed by atoms with van der Waals surface area (Å²) in [4.78, 5) is 0. The molecule has 98 heteroatoms. The molecule has 868 valence electrons. The van der Waals surface area contributed by atoms with Gasteiger partial charge in [-0.25, -0.2) is 0 Å². The molecule has 0 unspecified atom stereocenters. The molecule has 2 rings (SSSR count). The van der Waals surface area contributed by atoms with Crippen LogP contribution in [0, 0.1) is 0 Å². The summed E-state index contributed by atoms with van der Waals surface area (Å²) in [5.41, 5.74) is 0. The number of halogens is 92. The maximum Gasteiger partial charge on any atom is 0.460 e. The van der Waals surface area contributed by atoms with E-state index >= 15 is 0 Å². The number of alkyl halides is 92. The van der Waals surface area contributed by atoms with Crippen LogP contribution < -0.4 is 0 Å². The van der Waals surface area contributed by atoms with Crippen molar-refractivity contribution in [3.63, 3.8) is 0 Å². The summed E-state index contributed by atoms with van der Waals surface area (Å²) in [6.07, 6.45) is -33.8. The van der Waals surface area contributed by atoms with Crippen LogP contribution in [-0.2, 0) is 23.7 Å². The van der Waals surface area contributed by atoms with Gasteiger partial charge in [0.15, 0.2) is 10.0 Å². The fourth-order valence-electron chi connectivity index (χ4n) is 8.51. The first kappa shape index (κ1) is 136. The van der Waals surface area contributed by atoms with Crippen molar-refractivity contribution in [1.82, 2.24) is 20.4 Å². The van der Waals surface area contributed by atoms with Crippen molar-refractivity contribution in [3.8, 4) is 0 Å². The molecule has 0 bridgehead atoms. The summed E-state index contributed by atoms with van der Waals surface area (Å²) in [7, 11) is 0. The molecule has 0 fully saturated rings. The Kier molecular flexibility index (Phi) is 31.6. The van der Waals surface area contributed by atoms with Crippen molar-refractivity contribution in [3.05, 3.63) is 21.8 Å². The largest absolute Gasteiger partial charge is 0.460 e. The second-order valence-corrected chi connectivity index (χ2v) is 27.8. The third-order valence-electron chi connectivity index (χ3n) is 17.5. The van der Waals surface area contributed by atoms with Crippen LogP contribution in [0.15, 0.2) is 4.42 Å². The first-order chi connectivity index (χ1) is 61.4. The molecule has 0 aliphatic rings.